The van der Waals surface area contributed by atoms with Gasteiger partial charge in [-0.3, -0.25) is 0 Å². The third-order valence-electron chi connectivity index (χ3n) is 3.27. The minimum atomic E-state index is -0.471. The van der Waals surface area contributed by atoms with Gasteiger partial charge in [0.25, 0.3) is 0 Å². The molecule has 0 aliphatic carbocycles. The van der Waals surface area contributed by atoms with Crippen LogP contribution in [0.25, 0.3) is 27.6 Å². The molecule has 1 N–H and O–H groups in total. The zero-order chi connectivity index (χ0) is 13.4. The molecule has 0 heterocycles. The summed E-state index contributed by atoms with van der Waals surface area (Å²) in [5, 5.41) is 17.3. The number of hydrogen-bond donors (Lipinski definition) is 1. The molecule has 0 aliphatic heterocycles. The second-order valence-corrected chi connectivity index (χ2v) is 4.24. The van der Waals surface area contributed by atoms with Crippen molar-refractivity contribution in [3.8, 4) is 0 Å². The van der Waals surface area contributed by atoms with Crippen molar-refractivity contribution < 1.29 is 14.7 Å². The predicted octanol–water partition coefficient (Wildman–Crippen LogP) is 1.39. The van der Waals surface area contributed by atoms with Crippen molar-refractivity contribution in [3.05, 3.63) is 47.0 Å². The second kappa shape index (κ2) is 4.24. The van der Waals surface area contributed by atoms with E-state index in [0.29, 0.717) is 10.6 Å². The number of carbonyl (C=O) groups excluding carboxylic acids is 1. The molecule has 0 unspecified atom stereocenters. The van der Waals surface area contributed by atoms with Crippen molar-refractivity contribution in [2.24, 2.45) is 5.16 Å². The van der Waals surface area contributed by atoms with E-state index in [-0.39, 0.29) is 0 Å². The zero-order valence-corrected chi connectivity index (χ0v) is 10.3. The van der Waals surface area contributed by atoms with Gasteiger partial charge in [0.2, 0.25) is 0 Å². The topological polar surface area (TPSA) is 58.9 Å². The number of benzene rings is 2. The Kier molecular flexibility index (Phi) is 2.56. The number of ether oxygens (including phenoxy) is 1. The lowest BCUT2D eigenvalue weighted by molar-refractivity contribution is -0.133. The number of methoxy groups -OCH3 is 1. The summed E-state index contributed by atoms with van der Waals surface area (Å²) in [6, 6.07) is 11.6. The van der Waals surface area contributed by atoms with Crippen LogP contribution in [0.2, 0.25) is 0 Å². The van der Waals surface area contributed by atoms with E-state index in [0.717, 1.165) is 21.5 Å². The fraction of sp³-hybridized carbons (Fsp3) is 0.0667. The minimum absolute atomic E-state index is 0.400. The van der Waals surface area contributed by atoms with Crippen LogP contribution in [0.5, 0.6) is 0 Å². The van der Waals surface area contributed by atoms with E-state index in [4.69, 9.17) is 0 Å². The molecule has 0 fully saturated rings. The van der Waals surface area contributed by atoms with Gasteiger partial charge >= 0.3 is 5.97 Å². The molecule has 0 saturated carbocycles. The van der Waals surface area contributed by atoms with Crippen molar-refractivity contribution in [1.29, 1.82) is 0 Å². The van der Waals surface area contributed by atoms with Crippen LogP contribution >= 0.6 is 0 Å². The van der Waals surface area contributed by atoms with Crippen LogP contribution in [0, 0.1) is 0 Å². The second-order valence-electron chi connectivity index (χ2n) is 4.24. The first-order valence-electron chi connectivity index (χ1n) is 5.81. The maximum Gasteiger partial charge on any atom is 0.331 e. The normalized spacial score (nSPS) is 13.5. The molecule has 0 saturated heterocycles. The quantitative estimate of drug-likeness (QED) is 0.405. The van der Waals surface area contributed by atoms with E-state index in [1.54, 1.807) is 0 Å². The lowest BCUT2D eigenvalue weighted by Gasteiger charge is -1.96. The van der Waals surface area contributed by atoms with Crippen LogP contribution in [0.4, 0.5) is 0 Å². The van der Waals surface area contributed by atoms with Crippen LogP contribution in [0.3, 0.4) is 0 Å². The Morgan fingerprint density at radius 3 is 2.53 bits per heavy atom. The maximum atomic E-state index is 11.5. The van der Waals surface area contributed by atoms with E-state index in [1.165, 1.54) is 13.2 Å². The fourth-order valence-electron chi connectivity index (χ4n) is 2.47. The van der Waals surface area contributed by atoms with Crippen LogP contribution < -0.4 is 10.6 Å². The van der Waals surface area contributed by atoms with Crippen molar-refractivity contribution in [3.63, 3.8) is 0 Å². The molecule has 0 spiro atoms. The Hall–Kier alpha value is -2.62. The lowest BCUT2D eigenvalue weighted by Crippen LogP contribution is -2.23. The molecule has 0 radical (unpaired) electrons. The molecular formula is C15H11NO3. The summed E-state index contributed by atoms with van der Waals surface area (Å²) in [4.78, 5) is 11.5. The average molecular weight is 253 g/mol. The number of esters is 1. The lowest BCUT2D eigenvalue weighted by atomic mass is 10.1. The minimum Gasteiger partial charge on any atom is -0.466 e. The highest BCUT2D eigenvalue weighted by atomic mass is 16.5. The average Bonchev–Trinajstić information content (AvgIpc) is 2.75. The Balaban J connectivity index is 2.62. The van der Waals surface area contributed by atoms with Crippen LogP contribution in [0.15, 0.2) is 41.6 Å². The summed E-state index contributed by atoms with van der Waals surface area (Å²) in [6.07, 6.45) is 1.35. The highest BCUT2D eigenvalue weighted by Crippen LogP contribution is 2.22. The van der Waals surface area contributed by atoms with E-state index < -0.39 is 5.97 Å². The summed E-state index contributed by atoms with van der Waals surface area (Å²) in [5.74, 6) is -0.471. The fourth-order valence-corrected chi connectivity index (χ4v) is 2.47. The third kappa shape index (κ3) is 1.61. The SMILES string of the molecule is COC(=O)/C=c1/c(=N\O)c2cccc3cccc1c32. The molecule has 3 rings (SSSR count). The molecule has 19 heavy (non-hydrogen) atoms. The smallest absolute Gasteiger partial charge is 0.331 e. The van der Waals surface area contributed by atoms with Gasteiger partial charge in [-0.05, 0) is 16.2 Å². The number of carbonyl (C=O) groups is 1. The van der Waals surface area contributed by atoms with Gasteiger partial charge in [-0.1, -0.05) is 41.6 Å². The van der Waals surface area contributed by atoms with Gasteiger partial charge in [-0.25, -0.2) is 4.79 Å². The van der Waals surface area contributed by atoms with Gasteiger partial charge in [0, 0.05) is 16.7 Å². The molecule has 0 amide bonds. The van der Waals surface area contributed by atoms with Crippen LogP contribution in [-0.2, 0) is 9.53 Å². The Labute approximate surface area is 108 Å². The summed E-state index contributed by atoms with van der Waals surface area (Å²) in [6.45, 7) is 0. The standard InChI is InChI=1S/C15H11NO3/c1-19-13(17)8-12-10-6-2-4-9-5-3-7-11(14(9)10)15(12)16-18/h2-8,18H,1H3/b12-8+,16-15-. The number of nitrogens with zero attached hydrogens (tertiary/aromatic N) is 1. The van der Waals surface area contributed by atoms with Gasteiger partial charge in [0.05, 0.1) is 7.11 Å². The van der Waals surface area contributed by atoms with Crippen molar-refractivity contribution in [1.82, 2.24) is 0 Å². The first kappa shape index (κ1) is 11.5. The number of hydrogen-bond acceptors (Lipinski definition) is 4. The summed E-state index contributed by atoms with van der Waals surface area (Å²) in [7, 11) is 1.32. The first-order chi connectivity index (χ1) is 9.26. The molecule has 0 aliphatic rings. The molecule has 4 heteroatoms. The van der Waals surface area contributed by atoms with E-state index in [9.17, 15) is 10.0 Å². The summed E-state index contributed by atoms with van der Waals surface area (Å²) >= 11 is 0. The van der Waals surface area contributed by atoms with Gasteiger partial charge < -0.3 is 9.94 Å². The molecule has 3 aromatic rings. The first-order valence-corrected chi connectivity index (χ1v) is 5.81. The van der Waals surface area contributed by atoms with Gasteiger partial charge in [0.15, 0.2) is 0 Å². The van der Waals surface area contributed by atoms with Crippen LogP contribution in [0.1, 0.15) is 0 Å². The van der Waals surface area contributed by atoms with Crippen molar-refractivity contribution in [2.75, 3.05) is 7.11 Å². The molecule has 4 nitrogen and oxygen atoms in total. The molecule has 0 atom stereocenters. The van der Waals surface area contributed by atoms with Crippen LogP contribution in [-0.4, -0.2) is 18.3 Å². The summed E-state index contributed by atoms with van der Waals surface area (Å²) in [5.41, 5.74) is 0. The Morgan fingerprint density at radius 2 is 1.89 bits per heavy atom. The van der Waals surface area contributed by atoms with Crippen molar-refractivity contribution >= 4 is 33.6 Å². The molecule has 0 aromatic heterocycles. The third-order valence-corrected chi connectivity index (χ3v) is 3.27. The van der Waals surface area contributed by atoms with E-state index in [2.05, 4.69) is 9.89 Å². The summed E-state index contributed by atoms with van der Waals surface area (Å²) < 4.78 is 4.65. The van der Waals surface area contributed by atoms with Gasteiger partial charge in [-0.15, -0.1) is 0 Å². The molecule has 3 aromatic carbocycles. The van der Waals surface area contributed by atoms with Crippen molar-refractivity contribution in [2.45, 2.75) is 0 Å². The highest BCUT2D eigenvalue weighted by molar-refractivity contribution is 6.13. The monoisotopic (exact) mass is 253 g/mol. The molecular weight excluding hydrogens is 242 g/mol. The number of rotatable bonds is 1. The van der Waals surface area contributed by atoms with Gasteiger partial charge in [0.1, 0.15) is 5.36 Å². The maximum absolute atomic E-state index is 11.5. The predicted molar refractivity (Wildman–Crippen MR) is 71.7 cm³/mol. The zero-order valence-electron chi connectivity index (χ0n) is 10.3. The Bertz CT molecular complexity index is 878. The molecule has 94 valence electrons. The van der Waals surface area contributed by atoms with E-state index in [1.807, 2.05) is 36.4 Å². The Morgan fingerprint density at radius 1 is 1.21 bits per heavy atom. The largest absolute Gasteiger partial charge is 0.466 e. The van der Waals surface area contributed by atoms with Gasteiger partial charge in [-0.2, -0.15) is 0 Å². The highest BCUT2D eigenvalue weighted by Gasteiger charge is 2.10. The molecule has 0 bridgehead atoms. The van der Waals surface area contributed by atoms with E-state index >= 15 is 0 Å².